The Morgan fingerprint density at radius 3 is 2.26 bits per heavy atom. The highest BCUT2D eigenvalue weighted by Crippen LogP contribution is 2.41. The number of benzene rings is 2. The van der Waals surface area contributed by atoms with Crippen molar-refractivity contribution in [1.29, 1.82) is 0 Å². The molecule has 0 saturated carbocycles. The van der Waals surface area contributed by atoms with Gasteiger partial charge in [0.05, 0.1) is 29.5 Å². The number of pyridine rings is 1. The Morgan fingerprint density at radius 2 is 1.68 bits per heavy atom. The molecule has 0 aliphatic heterocycles. The molecule has 38 heavy (non-hydrogen) atoms. The third kappa shape index (κ3) is 7.39. The Bertz CT molecular complexity index is 1350. The molecular formula is C30H33FNO5P. The van der Waals surface area contributed by atoms with E-state index in [1.165, 1.54) is 19.2 Å². The van der Waals surface area contributed by atoms with Crippen molar-refractivity contribution in [3.63, 3.8) is 0 Å². The van der Waals surface area contributed by atoms with Gasteiger partial charge in [-0.25, -0.2) is 4.39 Å². The molecule has 0 spiro atoms. The number of rotatable bonds is 9. The van der Waals surface area contributed by atoms with Crippen molar-refractivity contribution in [1.82, 2.24) is 4.98 Å². The first kappa shape index (κ1) is 29.3. The molecular weight excluding hydrogens is 504 g/mol. The lowest BCUT2D eigenvalue weighted by Crippen LogP contribution is -2.17. The zero-order chi connectivity index (χ0) is 27.8. The van der Waals surface area contributed by atoms with Gasteiger partial charge in [0.15, 0.2) is 8.03 Å². The van der Waals surface area contributed by atoms with Gasteiger partial charge in [0.2, 0.25) is 0 Å². The van der Waals surface area contributed by atoms with Gasteiger partial charge in [0.25, 0.3) is 0 Å². The number of carbonyl (C=O) groups is 1. The Balaban J connectivity index is 2.16. The van der Waals surface area contributed by atoms with Crippen LogP contribution in [0.1, 0.15) is 62.8 Å². The number of aliphatic hydroxyl groups excluding tert-OH is 1. The van der Waals surface area contributed by atoms with Gasteiger partial charge in [0, 0.05) is 24.4 Å². The van der Waals surface area contributed by atoms with Crippen LogP contribution in [0.15, 0.2) is 54.6 Å². The van der Waals surface area contributed by atoms with Gasteiger partial charge in [0.1, 0.15) is 11.9 Å². The van der Waals surface area contributed by atoms with Crippen LogP contribution >= 0.6 is 8.03 Å². The van der Waals surface area contributed by atoms with Crippen LogP contribution in [-0.2, 0) is 18.6 Å². The number of halogens is 1. The van der Waals surface area contributed by atoms with Crippen LogP contribution in [0.5, 0.6) is 0 Å². The van der Waals surface area contributed by atoms with Crippen LogP contribution in [0.2, 0.25) is 0 Å². The number of nitrogens with zero attached hydrogens (tertiary/aromatic N) is 1. The molecule has 1 heterocycles. The number of ether oxygens (including phenoxy) is 1. The Kier molecular flexibility index (Phi) is 10.4. The molecule has 3 rings (SSSR count). The van der Waals surface area contributed by atoms with Gasteiger partial charge < -0.3 is 14.4 Å². The second-order valence-corrected chi connectivity index (χ2v) is 11.1. The largest absolute Gasteiger partial charge is 0.392 e. The van der Waals surface area contributed by atoms with E-state index >= 15 is 0 Å². The average Bonchev–Trinajstić information content (AvgIpc) is 2.88. The Labute approximate surface area is 224 Å². The summed E-state index contributed by atoms with van der Waals surface area (Å²) < 4.78 is 35.2. The normalized spacial score (nSPS) is 12.7. The lowest BCUT2D eigenvalue weighted by atomic mass is 9.84. The molecule has 0 aliphatic rings. The fourth-order valence-electron chi connectivity index (χ4n) is 4.17. The summed E-state index contributed by atoms with van der Waals surface area (Å²) >= 11 is 0. The van der Waals surface area contributed by atoms with Crippen LogP contribution in [0, 0.1) is 17.8 Å². The summed E-state index contributed by atoms with van der Waals surface area (Å²) in [5.74, 6) is 1.92. The zero-order valence-corrected chi connectivity index (χ0v) is 23.2. The van der Waals surface area contributed by atoms with Gasteiger partial charge in [-0.05, 0) is 41.0 Å². The molecule has 6 nitrogen and oxygen atoms in total. The molecule has 0 bridgehead atoms. The van der Waals surface area contributed by atoms with E-state index in [9.17, 15) is 18.9 Å². The number of aliphatic hydroxyl groups is 1. The van der Waals surface area contributed by atoms with Crippen LogP contribution in [0.25, 0.3) is 22.4 Å². The second kappa shape index (κ2) is 13.5. The standard InChI is InChI=1S/C30H33FNO5P/c1-19(2)27-28(21-11-13-23(31)14-12-21)25(15-16-37-26(34)17-24(33)18-38(35)36-5)29(20(3)4)32-30(27)22-9-7-6-8-10-22/h6-14,19-20,24,33,38H,17-18H2,1-5H3. The smallest absolute Gasteiger partial charge is 0.322 e. The van der Waals surface area contributed by atoms with Crippen molar-refractivity contribution in [3.05, 3.63) is 77.2 Å². The monoisotopic (exact) mass is 537 g/mol. The molecule has 1 aromatic heterocycles. The highest BCUT2D eigenvalue weighted by Gasteiger charge is 2.24. The lowest BCUT2D eigenvalue weighted by molar-refractivity contribution is -0.138. The highest BCUT2D eigenvalue weighted by atomic mass is 31.1. The van der Waals surface area contributed by atoms with Crippen molar-refractivity contribution in [2.24, 2.45) is 0 Å². The van der Waals surface area contributed by atoms with Crippen molar-refractivity contribution in [3.8, 4) is 34.4 Å². The molecule has 200 valence electrons. The van der Waals surface area contributed by atoms with E-state index in [0.717, 1.165) is 33.6 Å². The van der Waals surface area contributed by atoms with Gasteiger partial charge in [-0.3, -0.25) is 14.3 Å². The predicted octanol–water partition coefficient (Wildman–Crippen LogP) is 6.53. The van der Waals surface area contributed by atoms with Crippen molar-refractivity contribution in [2.45, 2.75) is 52.1 Å². The third-order valence-electron chi connectivity index (χ3n) is 5.94. The van der Waals surface area contributed by atoms with Crippen molar-refractivity contribution in [2.75, 3.05) is 13.3 Å². The van der Waals surface area contributed by atoms with E-state index in [4.69, 9.17) is 9.72 Å². The molecule has 0 saturated heterocycles. The van der Waals surface area contributed by atoms with Gasteiger partial charge in [-0.1, -0.05) is 70.2 Å². The van der Waals surface area contributed by atoms with E-state index in [1.807, 2.05) is 44.2 Å². The van der Waals surface area contributed by atoms with Crippen molar-refractivity contribution >= 4 is 14.0 Å². The maximum atomic E-state index is 13.9. The SMILES string of the molecule is CO[PH](=O)CC(O)CC(=O)OC#Cc1c(C(C)C)nc(-c2ccccc2)c(C(C)C)c1-c1ccc(F)cc1. The first-order chi connectivity index (χ1) is 18.1. The zero-order valence-electron chi connectivity index (χ0n) is 22.2. The van der Waals surface area contributed by atoms with E-state index < -0.39 is 20.1 Å². The maximum absolute atomic E-state index is 13.9. The summed E-state index contributed by atoms with van der Waals surface area (Å²) in [6.45, 7) is 8.14. The van der Waals surface area contributed by atoms with Crippen LogP contribution in [-0.4, -0.2) is 35.4 Å². The summed E-state index contributed by atoms with van der Waals surface area (Å²) in [4.78, 5) is 17.3. The van der Waals surface area contributed by atoms with Gasteiger partial charge in [-0.15, -0.1) is 0 Å². The summed E-state index contributed by atoms with van der Waals surface area (Å²) in [7, 11) is -1.12. The Morgan fingerprint density at radius 1 is 1.03 bits per heavy atom. The number of hydrogen-bond acceptors (Lipinski definition) is 6. The number of esters is 1. The number of carbonyl (C=O) groups excluding carboxylic acids is 1. The van der Waals surface area contributed by atoms with E-state index in [2.05, 4.69) is 30.4 Å². The maximum Gasteiger partial charge on any atom is 0.322 e. The second-order valence-electron chi connectivity index (χ2n) is 9.53. The third-order valence-corrected chi connectivity index (χ3v) is 7.20. The summed E-state index contributed by atoms with van der Waals surface area (Å²) in [6.07, 6.45) is 0.831. The molecule has 1 N–H and O–H groups in total. The average molecular weight is 538 g/mol. The van der Waals surface area contributed by atoms with E-state index in [0.29, 0.717) is 5.56 Å². The fraction of sp³-hybridized carbons (Fsp3) is 0.333. The molecule has 2 unspecified atom stereocenters. The van der Waals surface area contributed by atoms with Gasteiger partial charge in [-0.2, -0.15) is 0 Å². The van der Waals surface area contributed by atoms with Crippen LogP contribution < -0.4 is 0 Å². The minimum Gasteiger partial charge on any atom is -0.392 e. The fourth-order valence-corrected chi connectivity index (χ4v) is 4.87. The molecule has 2 atom stereocenters. The lowest BCUT2D eigenvalue weighted by Gasteiger charge is -2.23. The highest BCUT2D eigenvalue weighted by molar-refractivity contribution is 7.39. The minimum absolute atomic E-state index is 0.0219. The molecule has 2 aromatic carbocycles. The quantitative estimate of drug-likeness (QED) is 0.190. The predicted molar refractivity (Wildman–Crippen MR) is 148 cm³/mol. The van der Waals surface area contributed by atoms with E-state index in [1.54, 1.807) is 12.1 Å². The Hall–Kier alpha value is -3.30. The molecule has 0 fully saturated rings. The van der Waals surface area contributed by atoms with Crippen molar-refractivity contribution < 1.29 is 28.1 Å². The summed E-state index contributed by atoms with van der Waals surface area (Å²) in [5.41, 5.74) is 5.61. The molecule has 0 aliphatic carbocycles. The van der Waals surface area contributed by atoms with Crippen LogP contribution in [0.4, 0.5) is 4.39 Å². The molecule has 8 heteroatoms. The molecule has 0 amide bonds. The minimum atomic E-state index is -2.41. The molecule has 3 aromatic rings. The van der Waals surface area contributed by atoms with E-state index in [-0.39, 0.29) is 30.2 Å². The summed E-state index contributed by atoms with van der Waals surface area (Å²) in [6, 6.07) is 16.1. The first-order valence-electron chi connectivity index (χ1n) is 12.5. The first-order valence-corrected chi connectivity index (χ1v) is 14.0. The van der Waals surface area contributed by atoms with Crippen LogP contribution in [0.3, 0.4) is 0 Å². The topological polar surface area (TPSA) is 85.7 Å². The number of hydrogen-bond donors (Lipinski definition) is 1. The summed E-state index contributed by atoms with van der Waals surface area (Å²) in [5, 5.41) is 9.96. The van der Waals surface area contributed by atoms with Gasteiger partial charge >= 0.3 is 5.97 Å². The molecule has 0 radical (unpaired) electrons. The number of aromatic nitrogens is 1.